The predicted molar refractivity (Wildman–Crippen MR) is 105 cm³/mol. The Hall–Kier alpha value is -2.00. The van der Waals surface area contributed by atoms with Gasteiger partial charge in [-0.25, -0.2) is 13.1 Å². The van der Waals surface area contributed by atoms with Crippen LogP contribution in [0.3, 0.4) is 0 Å². The number of benzene rings is 1. The Morgan fingerprint density at radius 1 is 1.22 bits per heavy atom. The van der Waals surface area contributed by atoms with Gasteiger partial charge in [0, 0.05) is 19.3 Å². The first-order valence-electron chi connectivity index (χ1n) is 8.88. The van der Waals surface area contributed by atoms with Crippen molar-refractivity contribution in [2.75, 3.05) is 13.2 Å². The van der Waals surface area contributed by atoms with Crippen LogP contribution in [-0.2, 0) is 21.3 Å². The standard InChI is InChI=1S/C19H21N3O3S2/c23-27(24,20-12-16-8-4-10-25-16)18-14-22(13-15-6-2-1-3-7-15)21-19(18)17-9-5-11-26-17/h1-3,5-7,9,11,14,16,20H,4,8,10,12-13H2. The van der Waals surface area contributed by atoms with E-state index in [0.717, 1.165) is 23.3 Å². The largest absolute Gasteiger partial charge is 0.377 e. The van der Waals surface area contributed by atoms with Crippen LogP contribution in [0.4, 0.5) is 0 Å². The summed E-state index contributed by atoms with van der Waals surface area (Å²) in [6, 6.07) is 13.6. The highest BCUT2D eigenvalue weighted by Gasteiger charge is 2.26. The van der Waals surface area contributed by atoms with Crippen molar-refractivity contribution < 1.29 is 13.2 Å². The van der Waals surface area contributed by atoms with Gasteiger partial charge in [-0.3, -0.25) is 4.68 Å². The minimum absolute atomic E-state index is 0.0515. The van der Waals surface area contributed by atoms with Crippen LogP contribution >= 0.6 is 11.3 Å². The van der Waals surface area contributed by atoms with Gasteiger partial charge in [-0.2, -0.15) is 5.10 Å². The van der Waals surface area contributed by atoms with Crippen molar-refractivity contribution in [1.29, 1.82) is 0 Å². The van der Waals surface area contributed by atoms with Crippen molar-refractivity contribution in [3.63, 3.8) is 0 Å². The summed E-state index contributed by atoms with van der Waals surface area (Å²) in [4.78, 5) is 1.04. The molecule has 4 rings (SSSR count). The van der Waals surface area contributed by atoms with Crippen molar-refractivity contribution in [1.82, 2.24) is 14.5 Å². The van der Waals surface area contributed by atoms with E-state index in [4.69, 9.17) is 4.74 Å². The normalized spacial score (nSPS) is 17.4. The average molecular weight is 404 g/mol. The fraction of sp³-hybridized carbons (Fsp3) is 0.316. The maximum Gasteiger partial charge on any atom is 0.244 e. The zero-order chi connectivity index (χ0) is 18.7. The number of hydrogen-bond donors (Lipinski definition) is 1. The van der Waals surface area contributed by atoms with Gasteiger partial charge in [-0.1, -0.05) is 36.4 Å². The van der Waals surface area contributed by atoms with Gasteiger partial charge >= 0.3 is 0 Å². The number of thiophene rings is 1. The molecule has 6 nitrogen and oxygen atoms in total. The zero-order valence-electron chi connectivity index (χ0n) is 14.7. The third-order valence-corrected chi connectivity index (χ3v) is 6.79. The number of rotatable bonds is 7. The maximum atomic E-state index is 13.0. The summed E-state index contributed by atoms with van der Waals surface area (Å²) in [5, 5.41) is 6.49. The summed E-state index contributed by atoms with van der Waals surface area (Å²) < 4.78 is 35.8. The number of sulfonamides is 1. The minimum Gasteiger partial charge on any atom is -0.377 e. The highest BCUT2D eigenvalue weighted by Crippen LogP contribution is 2.30. The first-order chi connectivity index (χ1) is 13.1. The molecule has 1 atom stereocenters. The molecule has 0 bridgehead atoms. The van der Waals surface area contributed by atoms with Crippen LogP contribution in [0.1, 0.15) is 18.4 Å². The molecule has 1 aliphatic rings. The topological polar surface area (TPSA) is 73.2 Å². The molecule has 0 radical (unpaired) electrons. The van der Waals surface area contributed by atoms with Crippen molar-refractivity contribution in [2.24, 2.45) is 0 Å². The summed E-state index contributed by atoms with van der Waals surface area (Å²) in [7, 11) is -3.68. The van der Waals surface area contributed by atoms with E-state index in [1.54, 1.807) is 10.9 Å². The van der Waals surface area contributed by atoms with Crippen molar-refractivity contribution in [3.05, 3.63) is 59.6 Å². The van der Waals surface area contributed by atoms with Crippen LogP contribution in [-0.4, -0.2) is 37.5 Å². The molecule has 1 unspecified atom stereocenters. The van der Waals surface area contributed by atoms with Gasteiger partial charge in [0.05, 0.1) is 17.5 Å². The average Bonchev–Trinajstić information content (AvgIpc) is 3.42. The fourth-order valence-electron chi connectivity index (χ4n) is 3.12. The maximum absolute atomic E-state index is 13.0. The van der Waals surface area contributed by atoms with Crippen molar-refractivity contribution in [3.8, 4) is 10.6 Å². The predicted octanol–water partition coefficient (Wildman–Crippen LogP) is 3.12. The van der Waals surface area contributed by atoms with Gasteiger partial charge in [0.2, 0.25) is 10.0 Å². The smallest absolute Gasteiger partial charge is 0.244 e. The molecular weight excluding hydrogens is 382 g/mol. The summed E-state index contributed by atoms with van der Waals surface area (Å²) >= 11 is 1.48. The molecule has 1 aromatic carbocycles. The van der Waals surface area contributed by atoms with Crippen molar-refractivity contribution >= 4 is 21.4 Å². The summed E-state index contributed by atoms with van der Waals surface area (Å²) in [6.45, 7) is 1.50. The highest BCUT2D eigenvalue weighted by molar-refractivity contribution is 7.89. The number of aromatic nitrogens is 2. The number of ether oxygens (including phenoxy) is 1. The molecule has 0 saturated carbocycles. The monoisotopic (exact) mass is 403 g/mol. The summed E-state index contributed by atoms with van der Waals surface area (Å²) in [5.41, 5.74) is 1.55. The van der Waals surface area contributed by atoms with E-state index in [-0.39, 0.29) is 17.5 Å². The Morgan fingerprint density at radius 3 is 2.78 bits per heavy atom. The Labute approximate surface area is 162 Å². The molecule has 0 amide bonds. The Bertz CT molecular complexity index is 977. The van der Waals surface area contributed by atoms with Crippen LogP contribution in [0.2, 0.25) is 0 Å². The van der Waals surface area contributed by atoms with E-state index < -0.39 is 10.0 Å². The van der Waals surface area contributed by atoms with Crippen LogP contribution in [0.15, 0.2) is 58.9 Å². The van der Waals surface area contributed by atoms with E-state index in [1.165, 1.54) is 11.3 Å². The molecule has 1 fully saturated rings. The molecule has 3 aromatic rings. The third-order valence-electron chi connectivity index (χ3n) is 4.48. The van der Waals surface area contributed by atoms with E-state index in [9.17, 15) is 8.42 Å². The lowest BCUT2D eigenvalue weighted by Gasteiger charge is -2.11. The second-order valence-corrected chi connectivity index (χ2v) is 9.17. The lowest BCUT2D eigenvalue weighted by atomic mass is 10.2. The lowest BCUT2D eigenvalue weighted by Crippen LogP contribution is -2.31. The lowest BCUT2D eigenvalue weighted by molar-refractivity contribution is 0.114. The quantitative estimate of drug-likeness (QED) is 0.658. The Balaban J connectivity index is 1.63. The molecule has 0 spiro atoms. The molecule has 1 aliphatic heterocycles. The van der Waals surface area contributed by atoms with E-state index in [0.29, 0.717) is 18.8 Å². The Kier molecular flexibility index (Phi) is 5.40. The van der Waals surface area contributed by atoms with E-state index >= 15 is 0 Å². The second-order valence-electron chi connectivity index (χ2n) is 6.49. The number of nitrogens with zero attached hydrogens (tertiary/aromatic N) is 2. The van der Waals surface area contributed by atoms with Crippen LogP contribution < -0.4 is 4.72 Å². The van der Waals surface area contributed by atoms with Gasteiger partial charge in [-0.05, 0) is 29.9 Å². The molecule has 27 heavy (non-hydrogen) atoms. The molecule has 2 aromatic heterocycles. The molecule has 1 N–H and O–H groups in total. The summed E-state index contributed by atoms with van der Waals surface area (Å²) in [5.74, 6) is 0. The number of nitrogens with one attached hydrogen (secondary N) is 1. The fourth-order valence-corrected chi connectivity index (χ4v) is 5.14. The molecule has 1 saturated heterocycles. The van der Waals surface area contributed by atoms with Crippen LogP contribution in [0.25, 0.3) is 10.6 Å². The summed E-state index contributed by atoms with van der Waals surface area (Å²) in [6.07, 6.45) is 3.42. The van der Waals surface area contributed by atoms with Gasteiger partial charge in [0.25, 0.3) is 0 Å². The minimum atomic E-state index is -3.68. The van der Waals surface area contributed by atoms with Gasteiger partial charge < -0.3 is 4.74 Å². The molecule has 8 heteroatoms. The van der Waals surface area contributed by atoms with Gasteiger partial charge in [0.15, 0.2) is 0 Å². The van der Waals surface area contributed by atoms with Crippen LogP contribution in [0, 0.1) is 0 Å². The van der Waals surface area contributed by atoms with Crippen molar-refractivity contribution in [2.45, 2.75) is 30.4 Å². The zero-order valence-corrected chi connectivity index (χ0v) is 16.4. The van der Waals surface area contributed by atoms with E-state index in [2.05, 4.69) is 9.82 Å². The Morgan fingerprint density at radius 2 is 2.07 bits per heavy atom. The first-order valence-corrected chi connectivity index (χ1v) is 11.2. The second kappa shape index (κ2) is 7.93. The highest BCUT2D eigenvalue weighted by atomic mass is 32.2. The van der Waals surface area contributed by atoms with Gasteiger partial charge in [-0.15, -0.1) is 11.3 Å². The molecule has 0 aliphatic carbocycles. The SMILES string of the molecule is O=S(=O)(NCC1CCCO1)c1cn(Cc2ccccc2)nc1-c1cccs1. The van der Waals surface area contributed by atoms with E-state index in [1.807, 2.05) is 47.8 Å². The third kappa shape index (κ3) is 4.30. The van der Waals surface area contributed by atoms with Gasteiger partial charge in [0.1, 0.15) is 10.6 Å². The number of hydrogen-bond acceptors (Lipinski definition) is 5. The first kappa shape index (κ1) is 18.4. The molecular formula is C19H21N3O3S2. The molecule has 3 heterocycles. The van der Waals surface area contributed by atoms with Crippen LogP contribution in [0.5, 0.6) is 0 Å². The molecule has 142 valence electrons.